The molecule has 1 aromatic carbocycles. The number of halogens is 1. The normalized spacial score (nSPS) is 10.8. The highest BCUT2D eigenvalue weighted by molar-refractivity contribution is 6.30. The van der Waals surface area contributed by atoms with Crippen molar-refractivity contribution in [1.82, 2.24) is 24.5 Å². The first kappa shape index (κ1) is 19.7. The fraction of sp³-hybridized carbons (Fsp3) is 0.333. The Kier molecular flexibility index (Phi) is 6.15. The van der Waals surface area contributed by atoms with Gasteiger partial charge in [-0.2, -0.15) is 9.61 Å². The van der Waals surface area contributed by atoms with E-state index in [9.17, 15) is 9.59 Å². The second-order valence-corrected chi connectivity index (χ2v) is 6.54. The summed E-state index contributed by atoms with van der Waals surface area (Å²) in [6.07, 6.45) is 1.96. The SMILES string of the molecule is CNc1nc(C)c2c(=O)n(CC(=O)NCCCOc3cccc(Cl)c3)cnn12. The van der Waals surface area contributed by atoms with E-state index in [-0.39, 0.29) is 18.0 Å². The summed E-state index contributed by atoms with van der Waals surface area (Å²) in [6, 6.07) is 7.13. The molecule has 2 N–H and O–H groups in total. The molecule has 0 spiro atoms. The van der Waals surface area contributed by atoms with Crippen LogP contribution in [-0.4, -0.2) is 45.3 Å². The topological polar surface area (TPSA) is 103 Å². The number of imidazole rings is 1. The maximum Gasteiger partial charge on any atom is 0.280 e. The molecule has 0 aliphatic heterocycles. The van der Waals surface area contributed by atoms with Gasteiger partial charge in [-0.15, -0.1) is 0 Å². The first-order chi connectivity index (χ1) is 13.5. The second-order valence-electron chi connectivity index (χ2n) is 6.10. The molecule has 0 aliphatic carbocycles. The number of fused-ring (bicyclic) bond motifs is 1. The summed E-state index contributed by atoms with van der Waals surface area (Å²) < 4.78 is 8.26. The average molecular weight is 405 g/mol. The first-order valence-corrected chi connectivity index (χ1v) is 9.15. The van der Waals surface area contributed by atoms with Crippen molar-refractivity contribution in [2.24, 2.45) is 0 Å². The van der Waals surface area contributed by atoms with E-state index in [0.717, 1.165) is 0 Å². The van der Waals surface area contributed by atoms with Crippen LogP contribution in [0, 0.1) is 6.92 Å². The minimum absolute atomic E-state index is 0.114. The van der Waals surface area contributed by atoms with Gasteiger partial charge in [-0.05, 0) is 31.5 Å². The molecule has 9 nitrogen and oxygen atoms in total. The Morgan fingerprint density at radius 1 is 1.36 bits per heavy atom. The number of carbonyl (C=O) groups is 1. The fourth-order valence-electron chi connectivity index (χ4n) is 2.71. The predicted molar refractivity (Wildman–Crippen MR) is 106 cm³/mol. The molecular formula is C18H21ClN6O3. The van der Waals surface area contributed by atoms with Gasteiger partial charge in [0.1, 0.15) is 18.6 Å². The zero-order valence-corrected chi connectivity index (χ0v) is 16.4. The largest absolute Gasteiger partial charge is 0.493 e. The summed E-state index contributed by atoms with van der Waals surface area (Å²) in [7, 11) is 1.70. The molecule has 0 radical (unpaired) electrons. The number of hydrogen-bond acceptors (Lipinski definition) is 6. The van der Waals surface area contributed by atoms with Gasteiger partial charge in [-0.3, -0.25) is 14.2 Å². The summed E-state index contributed by atoms with van der Waals surface area (Å²) in [6.45, 7) is 2.48. The van der Waals surface area contributed by atoms with Crippen LogP contribution in [0.15, 0.2) is 35.4 Å². The first-order valence-electron chi connectivity index (χ1n) is 8.77. The van der Waals surface area contributed by atoms with Gasteiger partial charge in [0.2, 0.25) is 11.9 Å². The van der Waals surface area contributed by atoms with E-state index in [1.54, 1.807) is 26.1 Å². The van der Waals surface area contributed by atoms with Crippen LogP contribution in [0.3, 0.4) is 0 Å². The molecule has 0 saturated heterocycles. The number of anilines is 1. The molecule has 0 aliphatic rings. The lowest BCUT2D eigenvalue weighted by atomic mass is 10.3. The van der Waals surface area contributed by atoms with E-state index < -0.39 is 0 Å². The van der Waals surface area contributed by atoms with Crippen LogP contribution in [0.4, 0.5) is 5.95 Å². The van der Waals surface area contributed by atoms with Crippen molar-refractivity contribution in [2.75, 3.05) is 25.5 Å². The predicted octanol–water partition coefficient (Wildman–Crippen LogP) is 1.48. The van der Waals surface area contributed by atoms with Crippen molar-refractivity contribution in [3.63, 3.8) is 0 Å². The van der Waals surface area contributed by atoms with Crippen molar-refractivity contribution < 1.29 is 9.53 Å². The van der Waals surface area contributed by atoms with Gasteiger partial charge in [-0.1, -0.05) is 17.7 Å². The number of benzene rings is 1. The monoisotopic (exact) mass is 404 g/mol. The Labute approximate surface area is 166 Å². The Morgan fingerprint density at radius 3 is 2.93 bits per heavy atom. The van der Waals surface area contributed by atoms with E-state index in [2.05, 4.69) is 20.7 Å². The minimum Gasteiger partial charge on any atom is -0.493 e. The summed E-state index contributed by atoms with van der Waals surface area (Å²) in [4.78, 5) is 29.0. The van der Waals surface area contributed by atoms with E-state index in [1.165, 1.54) is 15.4 Å². The molecule has 28 heavy (non-hydrogen) atoms. The highest BCUT2D eigenvalue weighted by atomic mass is 35.5. The smallest absolute Gasteiger partial charge is 0.280 e. The van der Waals surface area contributed by atoms with Crippen LogP contribution in [0.25, 0.3) is 5.52 Å². The van der Waals surface area contributed by atoms with Crippen LogP contribution in [0.2, 0.25) is 5.02 Å². The van der Waals surface area contributed by atoms with E-state index in [0.29, 0.717) is 47.5 Å². The highest BCUT2D eigenvalue weighted by Gasteiger charge is 2.14. The Balaban J connectivity index is 1.51. The van der Waals surface area contributed by atoms with Crippen molar-refractivity contribution in [3.8, 4) is 5.75 Å². The van der Waals surface area contributed by atoms with Gasteiger partial charge in [0, 0.05) is 18.6 Å². The summed E-state index contributed by atoms with van der Waals surface area (Å²) in [5.41, 5.74) is 0.574. The Hall–Kier alpha value is -3.07. The number of nitrogens with zero attached hydrogens (tertiary/aromatic N) is 4. The van der Waals surface area contributed by atoms with Crippen LogP contribution < -0.4 is 20.9 Å². The van der Waals surface area contributed by atoms with Gasteiger partial charge >= 0.3 is 0 Å². The standard InChI is InChI=1S/C18H21ClN6O3/c1-12-16-17(27)24(11-22-25(16)18(20-2)23-12)10-15(26)21-7-4-8-28-14-6-3-5-13(19)9-14/h3,5-6,9,11H,4,7-8,10H2,1-2H3,(H,20,23)(H,21,26). The van der Waals surface area contributed by atoms with Crippen LogP contribution in [0.1, 0.15) is 12.1 Å². The number of ether oxygens (including phenoxy) is 1. The Morgan fingerprint density at radius 2 is 2.18 bits per heavy atom. The zero-order chi connectivity index (χ0) is 20.1. The lowest BCUT2D eigenvalue weighted by Gasteiger charge is -2.09. The third kappa shape index (κ3) is 4.42. The molecule has 0 bridgehead atoms. The highest BCUT2D eigenvalue weighted by Crippen LogP contribution is 2.17. The molecule has 3 rings (SSSR count). The molecule has 3 aromatic rings. The molecule has 148 valence electrons. The third-order valence-corrected chi connectivity index (χ3v) is 4.28. The van der Waals surface area contributed by atoms with Gasteiger partial charge in [0.15, 0.2) is 5.52 Å². The molecule has 2 aromatic heterocycles. The molecular weight excluding hydrogens is 384 g/mol. The fourth-order valence-corrected chi connectivity index (χ4v) is 2.89. The second kappa shape index (κ2) is 8.75. The molecule has 2 heterocycles. The molecule has 0 atom stereocenters. The number of rotatable bonds is 8. The van der Waals surface area contributed by atoms with Crippen molar-refractivity contribution >= 4 is 29.0 Å². The van der Waals surface area contributed by atoms with Crippen molar-refractivity contribution in [1.29, 1.82) is 0 Å². The molecule has 0 unspecified atom stereocenters. The van der Waals surface area contributed by atoms with Crippen LogP contribution >= 0.6 is 11.6 Å². The molecule has 10 heteroatoms. The number of nitrogens with one attached hydrogen (secondary N) is 2. The average Bonchev–Trinajstić information content (AvgIpc) is 3.00. The van der Waals surface area contributed by atoms with E-state index in [4.69, 9.17) is 16.3 Å². The zero-order valence-electron chi connectivity index (χ0n) is 15.6. The molecule has 0 saturated carbocycles. The number of carbonyl (C=O) groups excluding carboxylic acids is 1. The van der Waals surface area contributed by atoms with E-state index >= 15 is 0 Å². The summed E-state index contributed by atoms with van der Waals surface area (Å²) in [5.74, 6) is 0.879. The van der Waals surface area contributed by atoms with E-state index in [1.807, 2.05) is 12.1 Å². The Bertz CT molecular complexity index is 1050. The number of aromatic nitrogens is 4. The van der Waals surface area contributed by atoms with Crippen LogP contribution in [0.5, 0.6) is 5.75 Å². The van der Waals surface area contributed by atoms with Crippen LogP contribution in [-0.2, 0) is 11.3 Å². The quantitative estimate of drug-likeness (QED) is 0.551. The maximum absolute atomic E-state index is 12.6. The van der Waals surface area contributed by atoms with Gasteiger partial charge in [0.25, 0.3) is 5.56 Å². The van der Waals surface area contributed by atoms with Gasteiger partial charge < -0.3 is 15.4 Å². The molecule has 0 fully saturated rings. The lowest BCUT2D eigenvalue weighted by Crippen LogP contribution is -2.34. The third-order valence-electron chi connectivity index (χ3n) is 4.04. The number of aryl methyl sites for hydroxylation is 1. The molecule has 1 amide bonds. The van der Waals surface area contributed by atoms with Crippen molar-refractivity contribution in [3.05, 3.63) is 51.7 Å². The lowest BCUT2D eigenvalue weighted by molar-refractivity contribution is -0.121. The summed E-state index contributed by atoms with van der Waals surface area (Å²) in [5, 5.41) is 10.4. The summed E-state index contributed by atoms with van der Waals surface area (Å²) >= 11 is 5.89. The van der Waals surface area contributed by atoms with Gasteiger partial charge in [-0.25, -0.2) is 4.98 Å². The number of amides is 1. The minimum atomic E-state index is -0.319. The van der Waals surface area contributed by atoms with Gasteiger partial charge in [0.05, 0.1) is 12.3 Å². The van der Waals surface area contributed by atoms with Crippen molar-refractivity contribution in [2.45, 2.75) is 19.9 Å². The maximum atomic E-state index is 12.6. The number of hydrogen-bond donors (Lipinski definition) is 2.